The van der Waals surface area contributed by atoms with Crippen LogP contribution < -0.4 is 31.1 Å². The van der Waals surface area contributed by atoms with Crippen molar-refractivity contribution in [3.05, 3.63) is 123 Å². The van der Waals surface area contributed by atoms with Gasteiger partial charge in [-0.15, -0.1) is 11.3 Å². The van der Waals surface area contributed by atoms with Gasteiger partial charge in [-0.25, -0.2) is 18.2 Å². The van der Waals surface area contributed by atoms with Crippen molar-refractivity contribution in [3.8, 4) is 27.7 Å². The SMILES string of the molecule is CCCOc1cccc(Oc2cc3c(cc2CS(=O)(=O)c2ccc(C(=O)NCCOCCOCCOCC(=O)N[C@H](C(=O)N4C[C@H](O)C[C@H]4C(=O)NCc4ccc(-c5scnc5C)cc4)C(C)(C)C)cc2)n(C)c(=O)n3C)c1. The lowest BCUT2D eigenvalue weighted by atomic mass is 9.85. The second-order valence-electron chi connectivity index (χ2n) is 20.0. The minimum Gasteiger partial charge on any atom is -0.493 e. The molecule has 0 spiro atoms. The number of likely N-dealkylation sites (tertiary alicyclic amines) is 1. The summed E-state index contributed by atoms with van der Waals surface area (Å²) >= 11 is 1.56. The summed E-state index contributed by atoms with van der Waals surface area (Å²) in [5.41, 5.74) is 5.32. The normalized spacial score (nSPS) is 15.1. The number of imidazole rings is 1. The summed E-state index contributed by atoms with van der Waals surface area (Å²) in [6.45, 7) is 10.7. The maximum atomic E-state index is 14.0. The van der Waals surface area contributed by atoms with E-state index in [1.54, 1.807) is 88.1 Å². The van der Waals surface area contributed by atoms with Gasteiger partial charge in [-0.3, -0.25) is 28.3 Å². The van der Waals surface area contributed by atoms with Gasteiger partial charge >= 0.3 is 5.69 Å². The first-order valence-electron chi connectivity index (χ1n) is 25.7. The van der Waals surface area contributed by atoms with E-state index < -0.39 is 62.8 Å². The number of thiazole rings is 1. The third-order valence-electron chi connectivity index (χ3n) is 13.0. The van der Waals surface area contributed by atoms with E-state index in [2.05, 4.69) is 20.9 Å². The number of ether oxygens (including phenoxy) is 5. The van der Waals surface area contributed by atoms with Gasteiger partial charge in [-0.2, -0.15) is 0 Å². The number of carbonyl (C=O) groups excluding carboxylic acids is 4. The van der Waals surface area contributed by atoms with Crippen molar-refractivity contribution in [2.75, 3.05) is 59.3 Å². The molecule has 4 N–H and O–H groups in total. The van der Waals surface area contributed by atoms with E-state index in [1.165, 1.54) is 38.3 Å². The largest absolute Gasteiger partial charge is 0.493 e. The van der Waals surface area contributed by atoms with Crippen molar-refractivity contribution in [1.29, 1.82) is 0 Å². The van der Waals surface area contributed by atoms with Crippen LogP contribution in [0.2, 0.25) is 0 Å². The number of hydrogen-bond donors (Lipinski definition) is 4. The lowest BCUT2D eigenvalue weighted by molar-refractivity contribution is -0.144. The minimum absolute atomic E-state index is 0.00491. The van der Waals surface area contributed by atoms with Crippen LogP contribution in [0.5, 0.6) is 17.2 Å². The molecule has 6 aromatic rings. The van der Waals surface area contributed by atoms with E-state index in [4.69, 9.17) is 23.7 Å². The topological polar surface area (TPSA) is 248 Å². The third kappa shape index (κ3) is 15.2. The zero-order chi connectivity index (χ0) is 56.1. The van der Waals surface area contributed by atoms with Gasteiger partial charge in [0.05, 0.1) is 83.5 Å². The Morgan fingerprint density at radius 2 is 1.51 bits per heavy atom. The fourth-order valence-corrected chi connectivity index (χ4v) is 10.9. The average Bonchev–Trinajstić information content (AvgIpc) is 4.14. The number of aromatic nitrogens is 3. The van der Waals surface area contributed by atoms with Crippen LogP contribution in [0.15, 0.2) is 100 Å². The number of amides is 4. The first-order chi connectivity index (χ1) is 37.2. The van der Waals surface area contributed by atoms with Gasteiger partial charge in [0.2, 0.25) is 17.7 Å². The Bertz CT molecular complexity index is 3220. The molecule has 1 saturated heterocycles. The fraction of sp³-hybridized carbons (Fsp3) is 0.429. The second-order valence-corrected chi connectivity index (χ2v) is 22.9. The Morgan fingerprint density at radius 1 is 0.846 bits per heavy atom. The summed E-state index contributed by atoms with van der Waals surface area (Å²) in [4.78, 5) is 72.9. The predicted octanol–water partition coefficient (Wildman–Crippen LogP) is 5.45. The minimum atomic E-state index is -3.97. The Labute approximate surface area is 457 Å². The van der Waals surface area contributed by atoms with E-state index in [-0.39, 0.29) is 87.6 Å². The lowest BCUT2D eigenvalue weighted by Crippen LogP contribution is -2.58. The van der Waals surface area contributed by atoms with Crippen molar-refractivity contribution in [2.24, 2.45) is 19.5 Å². The summed E-state index contributed by atoms with van der Waals surface area (Å²) in [5.74, 6) is -0.989. The zero-order valence-electron chi connectivity index (χ0n) is 45.0. The first kappa shape index (κ1) is 58.7. The molecular formula is C56H69N7O13S2. The molecule has 2 aromatic heterocycles. The number of aliphatic hydroxyl groups excluding tert-OH is 1. The van der Waals surface area contributed by atoms with Gasteiger partial charge in [-0.1, -0.05) is 58.0 Å². The highest BCUT2D eigenvalue weighted by molar-refractivity contribution is 7.90. The Morgan fingerprint density at radius 3 is 2.18 bits per heavy atom. The summed E-state index contributed by atoms with van der Waals surface area (Å²) < 4.78 is 59.3. The maximum Gasteiger partial charge on any atom is 0.328 e. The van der Waals surface area contributed by atoms with Crippen LogP contribution in [0.1, 0.15) is 67.7 Å². The molecule has 0 aliphatic carbocycles. The molecule has 78 heavy (non-hydrogen) atoms. The molecular weight excluding hydrogens is 1040 g/mol. The summed E-state index contributed by atoms with van der Waals surface area (Å²) in [5, 5.41) is 19.0. The number of rotatable bonds is 26. The summed E-state index contributed by atoms with van der Waals surface area (Å²) in [6.07, 6.45) is -0.0147. The fourth-order valence-electron chi connectivity index (χ4n) is 8.78. The molecule has 20 nitrogen and oxygen atoms in total. The molecule has 4 amide bonds. The third-order valence-corrected chi connectivity index (χ3v) is 15.7. The van der Waals surface area contributed by atoms with E-state index in [1.807, 2.05) is 38.1 Å². The molecule has 0 unspecified atom stereocenters. The molecule has 4 aromatic carbocycles. The van der Waals surface area contributed by atoms with Gasteiger partial charge < -0.3 is 49.6 Å². The number of β-amino-alcohol motifs (C(OH)–C–C–N with tert-alkyl or cyclic N) is 1. The van der Waals surface area contributed by atoms with E-state index in [0.29, 0.717) is 34.7 Å². The first-order valence-corrected chi connectivity index (χ1v) is 28.3. The van der Waals surface area contributed by atoms with Gasteiger partial charge in [0.25, 0.3) is 5.91 Å². The van der Waals surface area contributed by atoms with Gasteiger partial charge in [-0.05, 0) is 72.4 Å². The zero-order valence-corrected chi connectivity index (χ0v) is 46.7. The molecule has 7 rings (SSSR count). The number of nitrogens with zero attached hydrogens (tertiary/aromatic N) is 4. The molecule has 3 atom stereocenters. The van der Waals surface area contributed by atoms with Crippen LogP contribution in [0.3, 0.4) is 0 Å². The van der Waals surface area contributed by atoms with Gasteiger partial charge in [0.1, 0.15) is 35.9 Å². The van der Waals surface area contributed by atoms with Gasteiger partial charge in [0, 0.05) is 63.4 Å². The Kier molecular flexibility index (Phi) is 20.0. The molecule has 1 aliphatic rings. The lowest BCUT2D eigenvalue weighted by Gasteiger charge is -2.35. The van der Waals surface area contributed by atoms with E-state index in [9.17, 15) is 37.5 Å². The van der Waals surface area contributed by atoms with E-state index in [0.717, 1.165) is 28.1 Å². The monoisotopic (exact) mass is 1110 g/mol. The van der Waals surface area contributed by atoms with Crippen LogP contribution >= 0.6 is 11.3 Å². The number of sulfone groups is 1. The number of fused-ring (bicyclic) bond motifs is 1. The van der Waals surface area contributed by atoms with Crippen LogP contribution in [0.25, 0.3) is 21.5 Å². The highest BCUT2D eigenvalue weighted by Gasteiger charge is 2.44. The summed E-state index contributed by atoms with van der Waals surface area (Å²) in [6, 6.07) is 21.8. The quantitative estimate of drug-likeness (QED) is 0.0494. The molecule has 418 valence electrons. The predicted molar refractivity (Wildman–Crippen MR) is 294 cm³/mol. The molecule has 0 bridgehead atoms. The van der Waals surface area contributed by atoms with Crippen molar-refractivity contribution in [1.82, 2.24) is 35.0 Å². The number of aryl methyl sites for hydroxylation is 3. The highest BCUT2D eigenvalue weighted by atomic mass is 32.2. The number of nitrogens with one attached hydrogen (secondary N) is 3. The average molecular weight is 1110 g/mol. The van der Waals surface area contributed by atoms with Crippen LogP contribution in [-0.4, -0.2) is 134 Å². The molecule has 0 radical (unpaired) electrons. The highest BCUT2D eigenvalue weighted by Crippen LogP contribution is 2.34. The van der Waals surface area contributed by atoms with Crippen LogP contribution in [-0.2, 0) is 64.8 Å². The van der Waals surface area contributed by atoms with Crippen LogP contribution in [0.4, 0.5) is 0 Å². The number of benzene rings is 4. The van der Waals surface area contributed by atoms with Crippen molar-refractivity contribution in [2.45, 2.75) is 82.8 Å². The number of carbonyl (C=O) groups is 4. The smallest absolute Gasteiger partial charge is 0.328 e. The standard InChI is InChI=1S/C56H69N7O13S2/c1-8-21-75-42-10-9-11-43(29-42)76-48-30-46-45(61(6)55(69)62(46)7)27-40(48)34-78(70,71)44-18-16-39(17-19-44)52(66)57-20-22-72-23-24-73-25-26-74-33-49(65)60-51(56(3,4)5)54(68)63-32-41(64)28-47(63)53(67)58-31-37-12-14-38(15-13-37)50-36(2)59-35-77-50/h9-19,27,29-30,35,41,47,51,64H,8,20-26,28,31-34H2,1-7H3,(H,57,66)(H,58,67)(H,60,65)/t41-,47+,51-/m1/s1. The molecule has 1 fully saturated rings. The number of hydrogen-bond acceptors (Lipinski definition) is 15. The summed E-state index contributed by atoms with van der Waals surface area (Å²) in [7, 11) is -0.721. The Hall–Kier alpha value is -6.95. The van der Waals surface area contributed by atoms with Crippen molar-refractivity contribution in [3.63, 3.8) is 0 Å². The molecule has 22 heteroatoms. The Balaban J connectivity index is 0.794. The number of aliphatic hydroxyl groups is 1. The molecule has 1 aliphatic heterocycles. The van der Waals surface area contributed by atoms with Crippen molar-refractivity contribution >= 4 is 55.8 Å². The second kappa shape index (κ2) is 26.6. The molecule has 3 heterocycles. The maximum absolute atomic E-state index is 14.0. The van der Waals surface area contributed by atoms with Gasteiger partial charge in [0.15, 0.2) is 9.84 Å². The van der Waals surface area contributed by atoms with Crippen molar-refractivity contribution < 1.29 is 56.4 Å². The molecule has 0 saturated carbocycles. The van der Waals surface area contributed by atoms with Crippen LogP contribution in [0, 0.1) is 12.3 Å². The van der Waals surface area contributed by atoms with E-state index >= 15 is 0 Å².